The zero-order chi connectivity index (χ0) is 36.6. The molecule has 2 heterocycles. The van der Waals surface area contributed by atoms with E-state index in [9.17, 15) is 0 Å². The van der Waals surface area contributed by atoms with Gasteiger partial charge in [0.1, 0.15) is 22.1 Å². The molecule has 0 saturated heterocycles. The number of anilines is 6. The van der Waals surface area contributed by atoms with Crippen LogP contribution in [0.3, 0.4) is 0 Å². The second-order valence-corrected chi connectivity index (χ2v) is 13.8. The van der Waals surface area contributed by atoms with Crippen molar-refractivity contribution in [1.29, 1.82) is 0 Å². The van der Waals surface area contributed by atoms with Crippen LogP contribution in [0.25, 0.3) is 55.4 Å². The third-order valence-electron chi connectivity index (χ3n) is 9.89. The van der Waals surface area contributed by atoms with Crippen molar-refractivity contribution in [2.24, 2.45) is 0 Å². The lowest BCUT2D eigenvalue weighted by Gasteiger charge is -2.25. The Morgan fingerprint density at radius 3 is 0.909 bits per heavy atom. The first-order valence-electron chi connectivity index (χ1n) is 18.2. The van der Waals surface area contributed by atoms with Gasteiger partial charge < -0.3 is 9.80 Å². The Balaban J connectivity index is 1.13. The number of rotatable bonds is 8. The van der Waals surface area contributed by atoms with Gasteiger partial charge in [-0.2, -0.15) is 8.75 Å². The Bertz CT molecular complexity index is 2620. The molecule has 10 rings (SSSR count). The highest BCUT2D eigenvalue weighted by Gasteiger charge is 2.24. The summed E-state index contributed by atoms with van der Waals surface area (Å²) in [4.78, 5) is 15.1. The van der Waals surface area contributed by atoms with E-state index in [-0.39, 0.29) is 0 Å². The number of fused-ring (bicyclic) bond motifs is 3. The summed E-state index contributed by atoms with van der Waals surface area (Å²) in [6.45, 7) is 0. The first-order chi connectivity index (χ1) is 27.3. The largest absolute Gasteiger partial charge is 0.311 e. The Labute approximate surface area is 322 Å². The lowest BCUT2D eigenvalue weighted by molar-refractivity contribution is 1.28. The van der Waals surface area contributed by atoms with Crippen molar-refractivity contribution in [2.75, 3.05) is 9.80 Å². The molecule has 10 aromatic rings. The number of hydrogen-bond acceptors (Lipinski definition) is 7. The van der Waals surface area contributed by atoms with Crippen LogP contribution in [-0.4, -0.2) is 18.7 Å². The van der Waals surface area contributed by atoms with Gasteiger partial charge in [-0.3, -0.25) is 0 Å². The van der Waals surface area contributed by atoms with E-state index in [4.69, 9.17) is 18.7 Å². The molecule has 0 N–H and O–H groups in total. The number of benzene rings is 8. The van der Waals surface area contributed by atoms with Crippen LogP contribution in [0.15, 0.2) is 194 Å². The van der Waals surface area contributed by atoms with Gasteiger partial charge in [0.2, 0.25) is 0 Å². The smallest absolute Gasteiger partial charge is 0.115 e. The van der Waals surface area contributed by atoms with E-state index in [0.29, 0.717) is 0 Å². The first-order valence-corrected chi connectivity index (χ1v) is 18.9. The van der Waals surface area contributed by atoms with Gasteiger partial charge in [-0.1, -0.05) is 109 Å². The van der Waals surface area contributed by atoms with Crippen molar-refractivity contribution in [3.05, 3.63) is 194 Å². The van der Waals surface area contributed by atoms with E-state index >= 15 is 0 Å². The van der Waals surface area contributed by atoms with Gasteiger partial charge >= 0.3 is 0 Å². The molecule has 0 radical (unpaired) electrons. The summed E-state index contributed by atoms with van der Waals surface area (Å²) in [6, 6.07) is 67.1. The van der Waals surface area contributed by atoms with Crippen LogP contribution in [0, 0.1) is 0 Å². The molecule has 0 unspecified atom stereocenters. The lowest BCUT2D eigenvalue weighted by Crippen LogP contribution is -2.09. The third kappa shape index (κ3) is 5.93. The molecule has 0 amide bonds. The van der Waals surface area contributed by atoms with Crippen LogP contribution in [0.4, 0.5) is 34.1 Å². The zero-order valence-electron chi connectivity index (χ0n) is 29.6. The van der Waals surface area contributed by atoms with E-state index in [0.717, 1.165) is 89.5 Å². The minimum absolute atomic E-state index is 0.795. The summed E-state index contributed by atoms with van der Waals surface area (Å²) in [5, 5.41) is 0. The normalized spacial score (nSPS) is 11.3. The average molecular weight is 725 g/mol. The van der Waals surface area contributed by atoms with E-state index < -0.39 is 0 Å². The maximum absolute atomic E-state index is 5.30. The summed E-state index contributed by atoms with van der Waals surface area (Å²) in [6.07, 6.45) is 0. The van der Waals surface area contributed by atoms with Crippen molar-refractivity contribution < 1.29 is 0 Å². The molecule has 8 aromatic carbocycles. The van der Waals surface area contributed by atoms with Crippen molar-refractivity contribution in [3.8, 4) is 22.3 Å². The monoisotopic (exact) mass is 724 g/mol. The van der Waals surface area contributed by atoms with Crippen LogP contribution in [0.1, 0.15) is 0 Å². The number of para-hydroxylation sites is 6. The highest BCUT2D eigenvalue weighted by Crippen LogP contribution is 2.44. The van der Waals surface area contributed by atoms with Gasteiger partial charge in [0.05, 0.1) is 22.8 Å². The Morgan fingerprint density at radius 2 is 0.582 bits per heavy atom. The predicted octanol–water partition coefficient (Wildman–Crippen LogP) is 13.1. The average Bonchev–Trinajstić information content (AvgIpc) is 3.74. The SMILES string of the molecule is c1ccc(N(c2ccccc2)c2ccc(-c3c4nsnc4c(-c4ccc(N(c5ccccc5)c5ccccc5)cc4)c4nc5ccccc5nc34)cc2)cc1. The van der Waals surface area contributed by atoms with Crippen molar-refractivity contribution >= 4 is 79.0 Å². The maximum Gasteiger partial charge on any atom is 0.115 e. The molecule has 7 heteroatoms. The molecule has 0 spiro atoms. The topological polar surface area (TPSA) is 58.0 Å². The van der Waals surface area contributed by atoms with Crippen LogP contribution < -0.4 is 9.80 Å². The molecule has 0 bridgehead atoms. The summed E-state index contributed by atoms with van der Waals surface area (Å²) < 4.78 is 9.87. The Hall–Kier alpha value is -7.22. The van der Waals surface area contributed by atoms with Gasteiger partial charge in [0.15, 0.2) is 0 Å². The molecule has 0 aliphatic rings. The van der Waals surface area contributed by atoms with E-state index in [2.05, 4.69) is 155 Å². The maximum atomic E-state index is 5.30. The van der Waals surface area contributed by atoms with Crippen LogP contribution in [-0.2, 0) is 0 Å². The minimum atomic E-state index is 0.795. The first kappa shape index (κ1) is 32.4. The van der Waals surface area contributed by atoms with Crippen molar-refractivity contribution in [2.45, 2.75) is 0 Å². The lowest BCUT2D eigenvalue weighted by atomic mass is 9.94. The van der Waals surface area contributed by atoms with Gasteiger partial charge in [-0.05, 0) is 96.1 Å². The fraction of sp³-hybridized carbons (Fsp3) is 0. The summed E-state index contributed by atoms with van der Waals surface area (Å²) in [5.74, 6) is 0. The third-order valence-corrected chi connectivity index (χ3v) is 10.4. The summed E-state index contributed by atoms with van der Waals surface area (Å²) in [7, 11) is 0. The second-order valence-electron chi connectivity index (χ2n) is 13.2. The summed E-state index contributed by atoms with van der Waals surface area (Å²) in [5.41, 5.74) is 15.2. The van der Waals surface area contributed by atoms with Gasteiger partial charge in [0, 0.05) is 45.3 Å². The van der Waals surface area contributed by atoms with Crippen molar-refractivity contribution in [1.82, 2.24) is 18.7 Å². The van der Waals surface area contributed by atoms with Crippen LogP contribution >= 0.6 is 11.7 Å². The van der Waals surface area contributed by atoms with Gasteiger partial charge in [0.25, 0.3) is 0 Å². The number of hydrogen-bond donors (Lipinski definition) is 0. The molecule has 6 nitrogen and oxygen atoms in total. The van der Waals surface area contributed by atoms with Crippen LogP contribution in [0.2, 0.25) is 0 Å². The fourth-order valence-electron chi connectivity index (χ4n) is 7.39. The van der Waals surface area contributed by atoms with E-state index in [1.165, 1.54) is 11.7 Å². The summed E-state index contributed by atoms with van der Waals surface area (Å²) >= 11 is 1.22. The van der Waals surface area contributed by atoms with Gasteiger partial charge in [-0.25, -0.2) is 9.97 Å². The Kier molecular flexibility index (Phi) is 8.24. The number of aromatic nitrogens is 4. The Morgan fingerprint density at radius 1 is 0.291 bits per heavy atom. The molecule has 0 saturated carbocycles. The van der Waals surface area contributed by atoms with Crippen molar-refractivity contribution in [3.63, 3.8) is 0 Å². The molecule has 0 fully saturated rings. The highest BCUT2D eigenvalue weighted by atomic mass is 32.1. The molecule has 260 valence electrons. The van der Waals surface area contributed by atoms with Gasteiger partial charge in [-0.15, -0.1) is 0 Å². The zero-order valence-corrected chi connectivity index (χ0v) is 30.4. The second kappa shape index (κ2) is 14.0. The molecule has 2 aromatic heterocycles. The van der Waals surface area contributed by atoms with E-state index in [1.807, 2.05) is 48.5 Å². The molecular weight excluding hydrogens is 693 g/mol. The molecule has 0 aliphatic carbocycles. The molecule has 0 atom stereocenters. The highest BCUT2D eigenvalue weighted by molar-refractivity contribution is 7.00. The minimum Gasteiger partial charge on any atom is -0.311 e. The fourth-order valence-corrected chi connectivity index (χ4v) is 7.95. The molecule has 55 heavy (non-hydrogen) atoms. The predicted molar refractivity (Wildman–Crippen MR) is 228 cm³/mol. The quantitative estimate of drug-likeness (QED) is 0.145. The number of nitrogens with zero attached hydrogens (tertiary/aromatic N) is 6. The van der Waals surface area contributed by atoms with E-state index in [1.54, 1.807) is 0 Å². The van der Waals surface area contributed by atoms with Crippen LogP contribution in [0.5, 0.6) is 0 Å². The molecular formula is C48H32N6S. The standard InChI is InChI=1S/C48H32N6S/c1-5-15-35(16-6-1)53(36-17-7-2-8-18-36)39-29-25-33(26-30-39)43-45-46(50-42-24-14-13-23-41(42)49-45)44(48-47(43)51-55-52-48)34-27-31-40(32-28-34)54(37-19-9-3-10-20-37)38-21-11-4-12-22-38/h1-32H. The molecule has 0 aliphatic heterocycles.